The maximum atomic E-state index is 10.9. The number of primary amides is 1. The van der Waals surface area contributed by atoms with E-state index in [0.717, 1.165) is 19.3 Å². The summed E-state index contributed by atoms with van der Waals surface area (Å²) in [5.41, 5.74) is 5.10. The van der Waals surface area contributed by atoms with Gasteiger partial charge in [-0.25, -0.2) is 4.79 Å². The molecule has 0 spiro atoms. The van der Waals surface area contributed by atoms with Crippen LogP contribution >= 0.6 is 0 Å². The number of urea groups is 1. The van der Waals surface area contributed by atoms with E-state index in [1.807, 2.05) is 27.7 Å². The van der Waals surface area contributed by atoms with Crippen LogP contribution in [0.1, 0.15) is 47.0 Å². The lowest BCUT2D eigenvalue weighted by atomic mass is 10.5. The van der Waals surface area contributed by atoms with Crippen LogP contribution in [0.5, 0.6) is 0 Å². The normalized spacial score (nSPS) is 13.2. The molecule has 0 fully saturated rings. The Kier molecular flexibility index (Phi) is 10.7. The minimum Gasteiger partial charge on any atom is -0.373 e. The summed E-state index contributed by atoms with van der Waals surface area (Å²) in [7, 11) is -2.80. The maximum Gasteiger partial charge on any atom is 0.505 e. The number of carbonyl (C=O) groups excluding carboxylic acids is 1. The summed E-state index contributed by atoms with van der Waals surface area (Å²) in [6.07, 6.45) is 2.70. The quantitative estimate of drug-likeness (QED) is 0.542. The molecule has 0 aromatic heterocycles. The topological polar surface area (TPSA) is 82.8 Å². The molecule has 7 heteroatoms. The number of carbonyl (C=O) groups is 1. The van der Waals surface area contributed by atoms with E-state index in [9.17, 15) is 4.79 Å². The van der Waals surface area contributed by atoms with Gasteiger partial charge in [0, 0.05) is 31.9 Å². The first-order valence-electron chi connectivity index (χ1n) is 7.47. The van der Waals surface area contributed by atoms with E-state index in [4.69, 9.17) is 19.0 Å². The van der Waals surface area contributed by atoms with Gasteiger partial charge in [-0.05, 0) is 19.3 Å². The number of nitrogens with two attached hydrogens (primary N) is 1. The third-order valence-electron chi connectivity index (χ3n) is 2.71. The van der Waals surface area contributed by atoms with Crippen LogP contribution < -0.4 is 11.1 Å². The van der Waals surface area contributed by atoms with Crippen molar-refractivity contribution in [1.29, 1.82) is 0 Å². The molecule has 0 saturated carbocycles. The number of nitrogens with one attached hydrogen (secondary N) is 1. The Labute approximate surface area is 123 Å². The third-order valence-corrected chi connectivity index (χ3v) is 5.94. The van der Waals surface area contributed by atoms with Crippen LogP contribution in [0.2, 0.25) is 5.54 Å². The van der Waals surface area contributed by atoms with Crippen molar-refractivity contribution in [3.05, 3.63) is 0 Å². The van der Waals surface area contributed by atoms with Gasteiger partial charge in [0.05, 0.1) is 0 Å². The lowest BCUT2D eigenvalue weighted by molar-refractivity contribution is 0.0511. The van der Waals surface area contributed by atoms with Crippen molar-refractivity contribution in [1.82, 2.24) is 5.32 Å². The number of hydrogen-bond donors (Lipinski definition) is 2. The fourth-order valence-corrected chi connectivity index (χ4v) is 4.58. The van der Waals surface area contributed by atoms with Crippen molar-refractivity contribution in [3.63, 3.8) is 0 Å². The third kappa shape index (κ3) is 7.23. The average Bonchev–Trinajstić information content (AvgIpc) is 2.44. The van der Waals surface area contributed by atoms with E-state index >= 15 is 0 Å². The fraction of sp³-hybridized carbons (Fsp3) is 0.923. The Hall–Kier alpha value is -0.633. The van der Waals surface area contributed by atoms with Crippen LogP contribution in [0.15, 0.2) is 0 Å². The summed E-state index contributed by atoms with van der Waals surface area (Å²) in [5.74, 6) is 0. The summed E-state index contributed by atoms with van der Waals surface area (Å²) in [5, 5.41) is 2.61. The summed E-state index contributed by atoms with van der Waals surface area (Å²) >= 11 is 0. The standard InChI is InChI=1S/C13H30N2O4Si/c1-5-8-17-20(18-9-6-2,19-10-7-3)12(4)11-15-13(14)16/h12H,5-11H2,1-4H3,(H3,14,15,16). The summed E-state index contributed by atoms with van der Waals surface area (Å²) in [4.78, 5) is 10.9. The molecule has 0 bridgehead atoms. The van der Waals surface area contributed by atoms with Crippen molar-refractivity contribution in [2.45, 2.75) is 52.5 Å². The van der Waals surface area contributed by atoms with Crippen LogP contribution in [0, 0.1) is 0 Å². The van der Waals surface area contributed by atoms with E-state index in [1.165, 1.54) is 0 Å². The van der Waals surface area contributed by atoms with Crippen LogP contribution in [-0.4, -0.2) is 41.2 Å². The molecule has 0 aromatic rings. The molecule has 0 rings (SSSR count). The average molecular weight is 306 g/mol. The molecular formula is C13H30N2O4Si. The zero-order valence-corrected chi connectivity index (χ0v) is 14.2. The monoisotopic (exact) mass is 306 g/mol. The van der Waals surface area contributed by atoms with Crippen LogP contribution in [0.3, 0.4) is 0 Å². The Balaban J connectivity index is 4.84. The molecule has 0 aliphatic carbocycles. The van der Waals surface area contributed by atoms with Crippen molar-refractivity contribution in [2.75, 3.05) is 26.4 Å². The first-order chi connectivity index (χ1) is 9.52. The number of hydrogen-bond acceptors (Lipinski definition) is 4. The Morgan fingerprint density at radius 2 is 1.45 bits per heavy atom. The second-order valence-corrected chi connectivity index (χ2v) is 7.85. The lowest BCUT2D eigenvalue weighted by Gasteiger charge is -2.34. The van der Waals surface area contributed by atoms with E-state index in [2.05, 4.69) is 5.32 Å². The van der Waals surface area contributed by atoms with E-state index in [0.29, 0.717) is 26.4 Å². The van der Waals surface area contributed by atoms with Crippen molar-refractivity contribution in [3.8, 4) is 0 Å². The van der Waals surface area contributed by atoms with Gasteiger partial charge in [0.1, 0.15) is 0 Å². The molecule has 6 nitrogen and oxygen atoms in total. The minimum atomic E-state index is -2.80. The fourth-order valence-electron chi connectivity index (χ4n) is 1.66. The lowest BCUT2D eigenvalue weighted by Crippen LogP contribution is -2.53. The van der Waals surface area contributed by atoms with Crippen molar-refractivity contribution < 1.29 is 18.1 Å². The maximum absolute atomic E-state index is 10.9. The highest BCUT2D eigenvalue weighted by molar-refractivity contribution is 6.62. The number of rotatable bonds is 12. The van der Waals surface area contributed by atoms with Gasteiger partial charge in [0.2, 0.25) is 0 Å². The Bertz CT molecular complexity index is 245. The van der Waals surface area contributed by atoms with E-state index in [-0.39, 0.29) is 5.54 Å². The van der Waals surface area contributed by atoms with Gasteiger partial charge < -0.3 is 24.3 Å². The van der Waals surface area contributed by atoms with Crippen molar-refractivity contribution in [2.24, 2.45) is 5.73 Å². The zero-order chi connectivity index (χ0) is 15.4. The molecule has 0 radical (unpaired) electrons. The number of amides is 2. The highest BCUT2D eigenvalue weighted by Crippen LogP contribution is 2.26. The summed E-state index contributed by atoms with van der Waals surface area (Å²) in [6, 6.07) is -0.541. The van der Waals surface area contributed by atoms with Crippen molar-refractivity contribution >= 4 is 14.8 Å². The van der Waals surface area contributed by atoms with Gasteiger partial charge in [-0.15, -0.1) is 0 Å². The predicted octanol–water partition coefficient (Wildman–Crippen LogP) is 2.26. The Morgan fingerprint density at radius 3 is 1.75 bits per heavy atom. The summed E-state index contributed by atoms with van der Waals surface area (Å²) in [6.45, 7) is 10.3. The Morgan fingerprint density at radius 1 is 1.05 bits per heavy atom. The molecule has 0 heterocycles. The molecule has 1 atom stereocenters. The first-order valence-corrected chi connectivity index (χ1v) is 9.27. The molecule has 0 aromatic carbocycles. The van der Waals surface area contributed by atoms with Gasteiger partial charge in [-0.2, -0.15) is 0 Å². The van der Waals surface area contributed by atoms with Gasteiger partial charge in [0.25, 0.3) is 0 Å². The smallest absolute Gasteiger partial charge is 0.373 e. The largest absolute Gasteiger partial charge is 0.505 e. The molecule has 3 N–H and O–H groups in total. The molecular weight excluding hydrogens is 276 g/mol. The van der Waals surface area contributed by atoms with Crippen LogP contribution in [0.25, 0.3) is 0 Å². The van der Waals surface area contributed by atoms with Crippen LogP contribution in [-0.2, 0) is 13.3 Å². The van der Waals surface area contributed by atoms with Gasteiger partial charge in [-0.3, -0.25) is 0 Å². The molecule has 2 amide bonds. The highest BCUT2D eigenvalue weighted by atomic mass is 28.4. The second kappa shape index (κ2) is 11.1. The second-order valence-electron chi connectivity index (χ2n) is 4.80. The van der Waals surface area contributed by atoms with Crippen LogP contribution in [0.4, 0.5) is 4.79 Å². The first kappa shape index (κ1) is 19.4. The van der Waals surface area contributed by atoms with E-state index in [1.54, 1.807) is 0 Å². The van der Waals surface area contributed by atoms with E-state index < -0.39 is 14.8 Å². The predicted molar refractivity (Wildman–Crippen MR) is 81.5 cm³/mol. The molecule has 120 valence electrons. The molecule has 0 aliphatic rings. The van der Waals surface area contributed by atoms with Gasteiger partial charge in [0.15, 0.2) is 0 Å². The molecule has 20 heavy (non-hydrogen) atoms. The minimum absolute atomic E-state index is 0.0281. The molecule has 0 saturated heterocycles. The van der Waals surface area contributed by atoms with Gasteiger partial charge in [-0.1, -0.05) is 27.7 Å². The molecule has 0 aliphatic heterocycles. The SMILES string of the molecule is CCCO[Si](OCCC)(OCCC)C(C)CNC(N)=O. The van der Waals surface area contributed by atoms with Gasteiger partial charge >= 0.3 is 14.8 Å². The zero-order valence-electron chi connectivity index (χ0n) is 13.2. The highest BCUT2D eigenvalue weighted by Gasteiger charge is 2.47. The molecule has 1 unspecified atom stereocenters. The summed E-state index contributed by atoms with van der Waals surface area (Å²) < 4.78 is 17.9.